The van der Waals surface area contributed by atoms with E-state index < -0.39 is 143 Å². The van der Waals surface area contributed by atoms with Crippen LogP contribution < -0.4 is 45.4 Å². The Labute approximate surface area is 455 Å². The second kappa shape index (κ2) is 22.6. The van der Waals surface area contributed by atoms with Gasteiger partial charge in [0, 0.05) is 25.7 Å². The molecule has 6 aromatic heterocycles. The van der Waals surface area contributed by atoms with E-state index in [1.807, 2.05) is 0 Å². The molecule has 12 N–H and O–H groups in total. The summed E-state index contributed by atoms with van der Waals surface area (Å²) in [7, 11) is 0. The molecular weight excluding hydrogens is 1180 g/mol. The molecule has 428 valence electrons. The van der Waals surface area contributed by atoms with E-state index in [1.54, 1.807) is 0 Å². The monoisotopic (exact) mass is 1220 g/mol. The molecule has 4 fully saturated rings. The topological polar surface area (TPSA) is 511 Å². The Morgan fingerprint density at radius 2 is 0.899 bits per heavy atom. The molecule has 0 bridgehead atoms. The molecule has 37 nitrogen and oxygen atoms in total. The van der Waals surface area contributed by atoms with Gasteiger partial charge in [0.05, 0.1) is 45.2 Å². The third kappa shape index (κ3) is 12.6. The molecule has 4 aliphatic heterocycles. The van der Waals surface area contributed by atoms with Crippen molar-refractivity contribution in [3.05, 3.63) is 67.0 Å². The number of anilines is 4. The summed E-state index contributed by atoms with van der Waals surface area (Å²) in [5.74, 6) is -1.07. The molecular formula is C36H47N18O19P3S3. The summed E-state index contributed by atoms with van der Waals surface area (Å²) in [6.07, 6.45) is -10.4. The molecule has 4 saturated heterocycles. The molecule has 79 heavy (non-hydrogen) atoms. The van der Waals surface area contributed by atoms with Gasteiger partial charge in [-0.25, -0.2) is 43.2 Å². The van der Waals surface area contributed by atoms with Crippen LogP contribution in [-0.4, -0.2) is 154 Å². The quantitative estimate of drug-likeness (QED) is 0.0313. The maximum Gasteiger partial charge on any atom is 0.386 e. The minimum atomic E-state index is -4.62. The molecule has 3 unspecified atom stereocenters. The van der Waals surface area contributed by atoms with Crippen LogP contribution in [0.1, 0.15) is 50.6 Å². The van der Waals surface area contributed by atoms with Gasteiger partial charge in [-0.1, -0.05) is 36.7 Å². The van der Waals surface area contributed by atoms with Crippen LogP contribution in [0.25, 0.3) is 22.3 Å². The number of nitrogens with one attached hydrogen (secondary N) is 2. The number of hydrogen-bond acceptors (Lipinski definition) is 31. The van der Waals surface area contributed by atoms with E-state index in [4.69, 9.17) is 69.0 Å². The first-order valence-electron chi connectivity index (χ1n) is 23.2. The number of imidazole rings is 2. The molecule has 0 saturated carbocycles. The van der Waals surface area contributed by atoms with E-state index in [0.717, 1.165) is 21.8 Å². The van der Waals surface area contributed by atoms with Crippen molar-refractivity contribution in [1.29, 1.82) is 0 Å². The number of aliphatic hydroxyl groups excluding tert-OH is 2. The molecule has 0 spiro atoms. The lowest BCUT2D eigenvalue weighted by Crippen LogP contribution is -2.31. The van der Waals surface area contributed by atoms with Crippen molar-refractivity contribution >= 4 is 103 Å². The van der Waals surface area contributed by atoms with E-state index in [0.29, 0.717) is 0 Å². The second-order valence-electron chi connectivity index (χ2n) is 17.8. The highest BCUT2D eigenvalue weighted by atomic mass is 32.7. The smallest absolute Gasteiger partial charge is 0.386 e. The number of H-pyrrole nitrogens is 2. The number of aromatic amines is 2. The number of nitrogens with two attached hydrogens (primary N) is 4. The lowest BCUT2D eigenvalue weighted by molar-refractivity contribution is -0.0524. The largest absolute Gasteiger partial charge is 0.394 e. The molecule has 15 atom stereocenters. The van der Waals surface area contributed by atoms with Crippen LogP contribution in [0.5, 0.6) is 0 Å². The van der Waals surface area contributed by atoms with Gasteiger partial charge in [-0.15, -0.1) is 0 Å². The van der Waals surface area contributed by atoms with Gasteiger partial charge < -0.3 is 52.1 Å². The number of aliphatic hydroxyl groups is 2. The van der Waals surface area contributed by atoms with E-state index >= 15 is 0 Å². The van der Waals surface area contributed by atoms with Crippen molar-refractivity contribution in [2.45, 2.75) is 99.4 Å². The first-order valence-corrected chi connectivity index (χ1v) is 31.2. The predicted molar refractivity (Wildman–Crippen MR) is 276 cm³/mol. The maximum atomic E-state index is 14.4. The molecule has 10 rings (SSSR count). The third-order valence-electron chi connectivity index (χ3n) is 12.6. The number of ether oxygens (including phenoxy) is 4. The van der Waals surface area contributed by atoms with Crippen LogP contribution in [-0.2, 0) is 59.8 Å². The number of rotatable bonds is 20. The number of aromatic nitrogens is 14. The van der Waals surface area contributed by atoms with Crippen LogP contribution >= 0.6 is 57.1 Å². The minimum absolute atomic E-state index is 0.0138. The molecule has 0 radical (unpaired) electrons. The zero-order chi connectivity index (χ0) is 56.3. The summed E-state index contributed by atoms with van der Waals surface area (Å²) in [4.78, 5) is 86.2. The molecule has 0 aromatic carbocycles. The summed E-state index contributed by atoms with van der Waals surface area (Å²) < 4.78 is 106. The summed E-state index contributed by atoms with van der Waals surface area (Å²) in [5.41, 5.74) is 19.5. The molecule has 0 aliphatic carbocycles. The molecule has 10 heterocycles. The van der Waals surface area contributed by atoms with Gasteiger partial charge in [0.2, 0.25) is 23.8 Å². The third-order valence-corrected chi connectivity index (χ3v) is 17.5. The minimum Gasteiger partial charge on any atom is -0.394 e. The molecule has 43 heteroatoms. The fraction of sp³-hybridized carbons (Fsp3) is 0.556. The second-order valence-corrected chi connectivity index (χ2v) is 26.4. The van der Waals surface area contributed by atoms with Crippen LogP contribution in [0.2, 0.25) is 0 Å². The average Bonchev–Trinajstić information content (AvgIpc) is 4.43. The van der Waals surface area contributed by atoms with Crippen LogP contribution in [0, 0.1) is 0 Å². The molecule has 0 amide bonds. The average molecular weight is 1230 g/mol. The fourth-order valence-corrected chi connectivity index (χ4v) is 13.5. The SMILES string of the molecule is Nc1ncn([C@H]2C[C@@H](O)[C@@H](COP(=O)(S)O[C@@H]3C[C@H](n4cnc5c(=O)[nH]c(N)nc54)O[C@@H]3COP(=O)(S)O[C@@H]3C[C@H](n4cnc5c(=O)[nH]c(N)nc54)O[C@@H]3COP(=O)(S)O[C@@H]3C[C@H](n4cnc(N)nc4=O)O[C@@H]3CO)O2)c(=O)n1. The van der Waals surface area contributed by atoms with Gasteiger partial charge in [0.15, 0.2) is 22.3 Å². The first-order chi connectivity index (χ1) is 37.4. The lowest BCUT2D eigenvalue weighted by Gasteiger charge is -2.26. The summed E-state index contributed by atoms with van der Waals surface area (Å²) in [6.45, 7) is -16.1. The molecule has 4 aliphatic rings. The van der Waals surface area contributed by atoms with Crippen molar-refractivity contribution in [2.75, 3.05) is 49.4 Å². The molecule has 6 aromatic rings. The summed E-state index contributed by atoms with van der Waals surface area (Å²) in [6, 6.07) is 0. The first kappa shape index (κ1) is 57.0. The highest BCUT2D eigenvalue weighted by molar-refractivity contribution is 8.45. The highest BCUT2D eigenvalue weighted by Gasteiger charge is 2.48. The van der Waals surface area contributed by atoms with E-state index in [1.165, 1.54) is 21.8 Å². The van der Waals surface area contributed by atoms with Gasteiger partial charge in [-0.3, -0.25) is 65.0 Å². The van der Waals surface area contributed by atoms with Gasteiger partial charge in [0.1, 0.15) is 80.3 Å². The van der Waals surface area contributed by atoms with Crippen LogP contribution in [0.3, 0.4) is 0 Å². The summed E-state index contributed by atoms with van der Waals surface area (Å²) >= 11 is 12.6. The number of nitrogens with zero attached hydrogens (tertiary/aromatic N) is 12. The standard InChI is InChI=1S/C36H47N18O19P3S3/c37-31-43-11-53(35(59)49-31)21-1-13(56)18(68-21)6-64-74(61,77)72-15-3-22(51-9-41-25-27(51)45-33(39)47-29(25)57)70-20(15)8-66-76(63,79)73-16-4-23(52-10-42-26-28(52)46-34(40)48-30(26)58)69-19(16)7-65-75(62,78)71-14-2-24(67-17(14)5-55)54-12-44-32(38)50-36(54)60/h9-24,55-56H,1-8H2,(H,61,77)(H,62,78)(H,63,79)(H2,37,49,59)(H2,38,50,60)(H3,39,45,47,57)(H3,40,46,48,58)/t13-,14-,15-,16-,17-,18-,19-,20-,21-,22-,23-,24-,74?,75?,76?/m1/s1. The van der Waals surface area contributed by atoms with Crippen molar-refractivity contribution in [3.8, 4) is 0 Å². The Hall–Kier alpha value is -5.22. The van der Waals surface area contributed by atoms with Crippen molar-refractivity contribution in [3.63, 3.8) is 0 Å². The van der Waals surface area contributed by atoms with Crippen molar-refractivity contribution in [1.82, 2.24) is 68.1 Å². The van der Waals surface area contributed by atoms with Crippen molar-refractivity contribution in [2.24, 2.45) is 0 Å². The zero-order valence-electron chi connectivity index (χ0n) is 40.1. The predicted octanol–water partition coefficient (Wildman–Crippen LogP) is -1.29. The van der Waals surface area contributed by atoms with E-state index in [-0.39, 0.29) is 71.8 Å². The Kier molecular flexibility index (Phi) is 16.3. The summed E-state index contributed by atoms with van der Waals surface area (Å²) in [5, 5.41) is 20.9. The van der Waals surface area contributed by atoms with Crippen molar-refractivity contribution < 1.29 is 70.0 Å². The normalized spacial score (nSPS) is 29.5. The number of thiol groups is 3. The van der Waals surface area contributed by atoms with Gasteiger partial charge in [0.25, 0.3) is 11.1 Å². The van der Waals surface area contributed by atoms with Crippen LogP contribution in [0.15, 0.2) is 44.5 Å². The Bertz CT molecular complexity index is 3670. The Balaban J connectivity index is 0.849. The fourth-order valence-electron chi connectivity index (χ4n) is 8.97. The number of fused-ring (bicyclic) bond motifs is 2. The maximum absolute atomic E-state index is 14.4. The van der Waals surface area contributed by atoms with E-state index in [2.05, 4.69) is 86.6 Å². The lowest BCUT2D eigenvalue weighted by atomic mass is 10.2. The number of nitrogen functional groups attached to an aromatic ring is 4. The Morgan fingerprint density at radius 1 is 0.544 bits per heavy atom. The number of hydrogen-bond donors (Lipinski definition) is 11. The van der Waals surface area contributed by atoms with Gasteiger partial charge in [-0.2, -0.15) is 19.9 Å². The van der Waals surface area contributed by atoms with E-state index in [9.17, 15) is 43.1 Å². The van der Waals surface area contributed by atoms with Crippen LogP contribution in [0.4, 0.5) is 23.8 Å². The van der Waals surface area contributed by atoms with Gasteiger partial charge in [-0.05, 0) is 0 Å². The van der Waals surface area contributed by atoms with Gasteiger partial charge >= 0.3 is 31.8 Å². The zero-order valence-corrected chi connectivity index (χ0v) is 45.5. The highest BCUT2D eigenvalue weighted by Crippen LogP contribution is 2.60. The Morgan fingerprint density at radius 3 is 1.32 bits per heavy atom.